The number of nitrogens with zero attached hydrogens (tertiary/aromatic N) is 4. The molecule has 0 saturated carbocycles. The average Bonchev–Trinajstić information content (AvgIpc) is 2.65. The highest BCUT2D eigenvalue weighted by atomic mass is 32.2. The van der Waals surface area contributed by atoms with Crippen LogP contribution in [0.3, 0.4) is 0 Å². The fourth-order valence-electron chi connectivity index (χ4n) is 1.38. The van der Waals surface area contributed by atoms with Gasteiger partial charge in [-0.1, -0.05) is 37.7 Å². The number of rotatable bonds is 3. The van der Waals surface area contributed by atoms with Gasteiger partial charge in [0.05, 0.1) is 5.69 Å². The van der Waals surface area contributed by atoms with E-state index in [0.717, 1.165) is 10.8 Å². The molecule has 0 spiro atoms. The summed E-state index contributed by atoms with van der Waals surface area (Å²) < 4.78 is 1.78. The predicted molar refractivity (Wildman–Crippen MR) is 64.9 cm³/mol. The molecule has 0 unspecified atom stereocenters. The largest absolute Gasteiger partial charge is 0.214 e. The highest BCUT2D eigenvalue weighted by Gasteiger charge is 2.10. The number of thioether (sulfide) groups is 1. The van der Waals surface area contributed by atoms with E-state index in [1.807, 2.05) is 12.1 Å². The minimum Gasteiger partial charge on any atom is -0.187 e. The third-order valence-electron chi connectivity index (χ3n) is 2.03. The van der Waals surface area contributed by atoms with Crippen molar-refractivity contribution < 1.29 is 0 Å². The van der Waals surface area contributed by atoms with Crippen molar-refractivity contribution in [3.8, 4) is 5.69 Å². The van der Waals surface area contributed by atoms with E-state index in [0.29, 0.717) is 5.25 Å². The fourth-order valence-corrected chi connectivity index (χ4v) is 2.13. The van der Waals surface area contributed by atoms with Crippen LogP contribution in [-0.4, -0.2) is 25.5 Å². The zero-order chi connectivity index (χ0) is 11.5. The summed E-state index contributed by atoms with van der Waals surface area (Å²) in [5.41, 5.74) is 2.21. The first-order valence-electron chi connectivity index (χ1n) is 5.19. The maximum Gasteiger partial charge on any atom is 0.214 e. The molecule has 0 aliphatic rings. The second kappa shape index (κ2) is 4.65. The Kier molecular flexibility index (Phi) is 3.24. The molecule has 0 N–H and O–H groups in total. The van der Waals surface area contributed by atoms with Crippen molar-refractivity contribution in [1.29, 1.82) is 0 Å². The van der Waals surface area contributed by atoms with Gasteiger partial charge in [-0.25, -0.2) is 0 Å². The van der Waals surface area contributed by atoms with Crippen LogP contribution in [0.4, 0.5) is 0 Å². The molecule has 1 aromatic heterocycles. The molecule has 0 bridgehead atoms. The van der Waals surface area contributed by atoms with Crippen LogP contribution >= 0.6 is 11.8 Å². The van der Waals surface area contributed by atoms with Crippen LogP contribution in [0, 0.1) is 6.92 Å². The lowest BCUT2D eigenvalue weighted by Crippen LogP contribution is -2.01. The Morgan fingerprint density at radius 3 is 2.81 bits per heavy atom. The molecule has 2 aromatic rings. The average molecular weight is 234 g/mol. The number of tetrazole rings is 1. The molecule has 16 heavy (non-hydrogen) atoms. The highest BCUT2D eigenvalue weighted by molar-refractivity contribution is 7.99. The van der Waals surface area contributed by atoms with Crippen molar-refractivity contribution in [2.45, 2.75) is 31.2 Å². The minimum atomic E-state index is 0.467. The monoisotopic (exact) mass is 234 g/mol. The van der Waals surface area contributed by atoms with E-state index in [1.165, 1.54) is 5.56 Å². The van der Waals surface area contributed by atoms with Gasteiger partial charge >= 0.3 is 0 Å². The molecule has 2 rings (SSSR count). The summed E-state index contributed by atoms with van der Waals surface area (Å²) in [6.07, 6.45) is 0. The van der Waals surface area contributed by atoms with Gasteiger partial charge < -0.3 is 0 Å². The summed E-state index contributed by atoms with van der Waals surface area (Å²) in [7, 11) is 0. The van der Waals surface area contributed by atoms with E-state index in [9.17, 15) is 0 Å². The Morgan fingerprint density at radius 1 is 1.31 bits per heavy atom. The summed E-state index contributed by atoms with van der Waals surface area (Å²) >= 11 is 1.66. The van der Waals surface area contributed by atoms with Gasteiger partial charge in [0.1, 0.15) is 0 Å². The van der Waals surface area contributed by atoms with Gasteiger partial charge in [0.25, 0.3) is 0 Å². The normalized spacial score (nSPS) is 11.0. The summed E-state index contributed by atoms with van der Waals surface area (Å²) in [6, 6.07) is 8.15. The van der Waals surface area contributed by atoms with Crippen molar-refractivity contribution >= 4 is 11.8 Å². The van der Waals surface area contributed by atoms with Gasteiger partial charge in [-0.15, -0.1) is 5.10 Å². The Bertz CT molecular complexity index is 478. The standard InChI is InChI=1S/C11H14N4S/c1-8(2)16-11-12-13-14-15(11)10-6-4-5-9(3)7-10/h4-8H,1-3H3. The van der Waals surface area contributed by atoms with E-state index >= 15 is 0 Å². The maximum atomic E-state index is 4.03. The van der Waals surface area contributed by atoms with E-state index in [1.54, 1.807) is 16.4 Å². The Hall–Kier alpha value is -1.36. The lowest BCUT2D eigenvalue weighted by Gasteiger charge is -2.06. The zero-order valence-corrected chi connectivity index (χ0v) is 10.4. The Balaban J connectivity index is 2.37. The predicted octanol–water partition coefficient (Wildman–Crippen LogP) is 2.47. The van der Waals surface area contributed by atoms with E-state index in [-0.39, 0.29) is 0 Å². The van der Waals surface area contributed by atoms with Crippen LogP contribution in [0.1, 0.15) is 19.4 Å². The summed E-state index contributed by atoms with van der Waals surface area (Å²) in [5.74, 6) is 0. The Labute approximate surface area is 99.1 Å². The summed E-state index contributed by atoms with van der Waals surface area (Å²) in [4.78, 5) is 0. The number of hydrogen-bond donors (Lipinski definition) is 0. The highest BCUT2D eigenvalue weighted by Crippen LogP contribution is 2.22. The molecular formula is C11H14N4S. The fraction of sp³-hybridized carbons (Fsp3) is 0.364. The molecule has 0 aliphatic heterocycles. The van der Waals surface area contributed by atoms with Crippen molar-refractivity contribution in [2.24, 2.45) is 0 Å². The first-order valence-corrected chi connectivity index (χ1v) is 6.07. The number of benzene rings is 1. The SMILES string of the molecule is Cc1cccc(-n2nnnc2SC(C)C)c1. The quantitative estimate of drug-likeness (QED) is 0.765. The van der Waals surface area contributed by atoms with Crippen molar-refractivity contribution in [3.05, 3.63) is 29.8 Å². The third kappa shape index (κ3) is 2.41. The first kappa shape index (κ1) is 11.1. The molecule has 84 valence electrons. The number of aromatic nitrogens is 4. The van der Waals surface area contributed by atoms with Crippen LogP contribution in [0.5, 0.6) is 0 Å². The molecule has 5 heteroatoms. The molecule has 1 heterocycles. The van der Waals surface area contributed by atoms with Gasteiger partial charge in [-0.3, -0.25) is 0 Å². The zero-order valence-electron chi connectivity index (χ0n) is 9.58. The molecule has 0 atom stereocenters. The summed E-state index contributed by atoms with van der Waals surface area (Å²) in [5, 5.41) is 13.1. The topological polar surface area (TPSA) is 43.6 Å². The van der Waals surface area contributed by atoms with Crippen LogP contribution in [-0.2, 0) is 0 Å². The van der Waals surface area contributed by atoms with E-state index in [4.69, 9.17) is 0 Å². The summed E-state index contributed by atoms with van der Waals surface area (Å²) in [6.45, 7) is 6.31. The lowest BCUT2D eigenvalue weighted by molar-refractivity contribution is 0.754. The number of hydrogen-bond acceptors (Lipinski definition) is 4. The molecule has 1 aromatic carbocycles. The molecule has 0 fully saturated rings. The van der Waals surface area contributed by atoms with Gasteiger partial charge in [-0.05, 0) is 35.0 Å². The molecule has 0 radical (unpaired) electrons. The van der Waals surface area contributed by atoms with Crippen LogP contribution in [0.2, 0.25) is 0 Å². The van der Waals surface area contributed by atoms with Crippen molar-refractivity contribution in [3.63, 3.8) is 0 Å². The van der Waals surface area contributed by atoms with Crippen LogP contribution in [0.15, 0.2) is 29.4 Å². The minimum absolute atomic E-state index is 0.467. The second-order valence-corrected chi connectivity index (χ2v) is 5.42. The van der Waals surface area contributed by atoms with Gasteiger partial charge in [0, 0.05) is 5.25 Å². The third-order valence-corrected chi connectivity index (χ3v) is 2.97. The molecule has 0 saturated heterocycles. The first-order chi connectivity index (χ1) is 7.66. The second-order valence-electron chi connectivity index (χ2n) is 3.88. The lowest BCUT2D eigenvalue weighted by atomic mass is 10.2. The van der Waals surface area contributed by atoms with Crippen molar-refractivity contribution in [2.75, 3.05) is 0 Å². The molecule has 0 amide bonds. The molecule has 4 nitrogen and oxygen atoms in total. The van der Waals surface area contributed by atoms with Crippen LogP contribution in [0.25, 0.3) is 5.69 Å². The van der Waals surface area contributed by atoms with Crippen LogP contribution < -0.4 is 0 Å². The number of aryl methyl sites for hydroxylation is 1. The van der Waals surface area contributed by atoms with Crippen molar-refractivity contribution in [1.82, 2.24) is 20.2 Å². The Morgan fingerprint density at radius 2 is 2.12 bits per heavy atom. The van der Waals surface area contributed by atoms with Gasteiger partial charge in [0.2, 0.25) is 5.16 Å². The van der Waals surface area contributed by atoms with Gasteiger partial charge in [0.15, 0.2) is 0 Å². The maximum absolute atomic E-state index is 4.03. The van der Waals surface area contributed by atoms with Gasteiger partial charge in [-0.2, -0.15) is 4.68 Å². The molecular weight excluding hydrogens is 220 g/mol. The smallest absolute Gasteiger partial charge is 0.187 e. The van der Waals surface area contributed by atoms with E-state index < -0.39 is 0 Å². The molecule has 0 aliphatic carbocycles. The van der Waals surface area contributed by atoms with E-state index in [2.05, 4.69) is 48.4 Å².